The second-order valence-corrected chi connectivity index (χ2v) is 7.96. The predicted octanol–water partition coefficient (Wildman–Crippen LogP) is 5.28. The molecule has 1 aliphatic heterocycles. The summed E-state index contributed by atoms with van der Waals surface area (Å²) in [6.07, 6.45) is 0. The first-order valence-electron chi connectivity index (χ1n) is 7.15. The van der Waals surface area contributed by atoms with E-state index in [0.29, 0.717) is 22.8 Å². The number of ether oxygens (including phenoxy) is 2. The molecule has 2 nitrogen and oxygen atoms in total. The zero-order valence-electron chi connectivity index (χ0n) is 12.0. The molecule has 1 saturated heterocycles. The molecule has 0 radical (unpaired) electrons. The predicted molar refractivity (Wildman–Crippen MR) is 96.5 cm³/mol. The third-order valence-electron chi connectivity index (χ3n) is 3.19. The van der Waals surface area contributed by atoms with Crippen molar-refractivity contribution in [1.29, 1.82) is 0 Å². The van der Waals surface area contributed by atoms with Crippen molar-refractivity contribution in [3.8, 4) is 11.5 Å². The van der Waals surface area contributed by atoms with E-state index in [1.165, 1.54) is 17.1 Å². The minimum Gasteiger partial charge on any atom is -0.490 e. The van der Waals surface area contributed by atoms with Crippen LogP contribution in [0.4, 0.5) is 0 Å². The van der Waals surface area contributed by atoms with Crippen molar-refractivity contribution < 1.29 is 9.47 Å². The molecule has 3 rings (SSSR count). The summed E-state index contributed by atoms with van der Waals surface area (Å²) in [5.74, 6) is 4.14. The van der Waals surface area contributed by atoms with Crippen LogP contribution in [0.3, 0.4) is 0 Å². The summed E-state index contributed by atoms with van der Waals surface area (Å²) < 4.78 is 11.9. The van der Waals surface area contributed by atoms with Crippen LogP contribution in [-0.4, -0.2) is 24.7 Å². The van der Waals surface area contributed by atoms with Crippen LogP contribution in [0.5, 0.6) is 11.5 Å². The minimum absolute atomic E-state index is 0.496. The first kappa shape index (κ1) is 15.9. The lowest BCUT2D eigenvalue weighted by Gasteiger charge is -2.11. The van der Waals surface area contributed by atoms with Gasteiger partial charge in [-0.25, -0.2) is 0 Å². The molecule has 0 spiro atoms. The Balaban J connectivity index is 1.43. The molecule has 0 bridgehead atoms. The molecule has 22 heavy (non-hydrogen) atoms. The van der Waals surface area contributed by atoms with Crippen LogP contribution < -0.4 is 9.47 Å². The quantitative estimate of drug-likeness (QED) is 0.658. The number of thioether (sulfide) groups is 2. The van der Waals surface area contributed by atoms with Crippen molar-refractivity contribution in [2.75, 3.05) is 24.7 Å². The molecule has 0 saturated carbocycles. The van der Waals surface area contributed by atoms with Gasteiger partial charge in [0.1, 0.15) is 24.7 Å². The normalized spacial score (nSPS) is 15.0. The van der Waals surface area contributed by atoms with Crippen molar-refractivity contribution in [2.24, 2.45) is 0 Å². The van der Waals surface area contributed by atoms with Crippen LogP contribution in [0.15, 0.2) is 48.5 Å². The fourth-order valence-corrected chi connectivity index (χ4v) is 5.19. The molecule has 2 aromatic rings. The molecule has 1 fully saturated rings. The SMILES string of the molecule is Clc1cccc(OCCOc2ccc(C3SCCS3)cc2)c1. The molecule has 0 amide bonds. The Hall–Kier alpha value is -0.970. The minimum atomic E-state index is 0.496. The highest BCUT2D eigenvalue weighted by atomic mass is 35.5. The van der Waals surface area contributed by atoms with E-state index >= 15 is 0 Å². The van der Waals surface area contributed by atoms with E-state index in [0.717, 1.165) is 11.5 Å². The smallest absolute Gasteiger partial charge is 0.122 e. The standard InChI is InChI=1S/C17H17ClO2S2/c18-14-2-1-3-16(12-14)20-9-8-19-15-6-4-13(5-7-15)17-21-10-11-22-17/h1-7,12,17H,8-11H2. The number of halogens is 1. The molecule has 0 unspecified atom stereocenters. The molecule has 1 heterocycles. The highest BCUT2D eigenvalue weighted by Crippen LogP contribution is 2.45. The molecule has 0 aromatic heterocycles. The summed E-state index contributed by atoms with van der Waals surface area (Å²) in [5.41, 5.74) is 1.37. The van der Waals surface area contributed by atoms with Gasteiger partial charge in [-0.2, -0.15) is 0 Å². The van der Waals surface area contributed by atoms with Gasteiger partial charge in [0.15, 0.2) is 0 Å². The third-order valence-corrected chi connectivity index (χ3v) is 6.53. The lowest BCUT2D eigenvalue weighted by Crippen LogP contribution is -2.08. The second kappa shape index (κ2) is 8.04. The van der Waals surface area contributed by atoms with Crippen LogP contribution in [0.25, 0.3) is 0 Å². The van der Waals surface area contributed by atoms with E-state index in [-0.39, 0.29) is 0 Å². The Labute approximate surface area is 144 Å². The average Bonchev–Trinajstić information content (AvgIpc) is 3.07. The molecule has 1 aliphatic rings. The zero-order valence-corrected chi connectivity index (χ0v) is 14.4. The van der Waals surface area contributed by atoms with E-state index in [2.05, 4.69) is 12.1 Å². The maximum Gasteiger partial charge on any atom is 0.122 e. The van der Waals surface area contributed by atoms with E-state index < -0.39 is 0 Å². The van der Waals surface area contributed by atoms with Crippen LogP contribution in [0.2, 0.25) is 5.02 Å². The van der Waals surface area contributed by atoms with Gasteiger partial charge in [-0.3, -0.25) is 0 Å². The van der Waals surface area contributed by atoms with E-state index in [4.69, 9.17) is 21.1 Å². The van der Waals surface area contributed by atoms with Gasteiger partial charge in [-0.1, -0.05) is 29.8 Å². The van der Waals surface area contributed by atoms with Gasteiger partial charge < -0.3 is 9.47 Å². The zero-order chi connectivity index (χ0) is 15.2. The Bertz CT molecular complexity index is 598. The van der Waals surface area contributed by atoms with Crippen molar-refractivity contribution in [1.82, 2.24) is 0 Å². The molecule has 0 N–H and O–H groups in total. The fourth-order valence-electron chi connectivity index (χ4n) is 2.15. The number of benzene rings is 2. The summed E-state index contributed by atoms with van der Waals surface area (Å²) in [6.45, 7) is 1.01. The number of hydrogen-bond acceptors (Lipinski definition) is 4. The summed E-state index contributed by atoms with van der Waals surface area (Å²) >= 11 is 9.93. The Morgan fingerprint density at radius 1 is 0.909 bits per heavy atom. The Kier molecular flexibility index (Phi) is 5.82. The monoisotopic (exact) mass is 352 g/mol. The molecule has 2 aromatic carbocycles. The highest BCUT2D eigenvalue weighted by molar-refractivity contribution is 8.19. The van der Waals surface area contributed by atoms with Crippen LogP contribution in [-0.2, 0) is 0 Å². The maximum absolute atomic E-state index is 5.91. The van der Waals surface area contributed by atoms with Crippen molar-refractivity contribution >= 4 is 35.1 Å². The molecular weight excluding hydrogens is 336 g/mol. The van der Waals surface area contributed by atoms with Gasteiger partial charge in [-0.05, 0) is 35.9 Å². The van der Waals surface area contributed by atoms with Crippen LogP contribution >= 0.6 is 35.1 Å². The summed E-state index contributed by atoms with van der Waals surface area (Å²) in [4.78, 5) is 0. The van der Waals surface area contributed by atoms with E-state index in [9.17, 15) is 0 Å². The second-order valence-electron chi connectivity index (χ2n) is 4.80. The number of rotatable bonds is 6. The molecular formula is C17H17ClO2S2. The molecule has 0 atom stereocenters. The molecule has 116 valence electrons. The average molecular weight is 353 g/mol. The van der Waals surface area contributed by atoms with Crippen molar-refractivity contribution in [2.45, 2.75) is 4.58 Å². The van der Waals surface area contributed by atoms with E-state index in [1.807, 2.05) is 53.9 Å². The van der Waals surface area contributed by atoms with Gasteiger partial charge in [-0.15, -0.1) is 23.5 Å². The van der Waals surface area contributed by atoms with Crippen LogP contribution in [0, 0.1) is 0 Å². The van der Waals surface area contributed by atoms with Gasteiger partial charge in [0.05, 0.1) is 4.58 Å². The Morgan fingerprint density at radius 2 is 1.59 bits per heavy atom. The van der Waals surface area contributed by atoms with Gasteiger partial charge in [0, 0.05) is 16.5 Å². The summed E-state index contributed by atoms with van der Waals surface area (Å²) in [7, 11) is 0. The highest BCUT2D eigenvalue weighted by Gasteiger charge is 2.17. The van der Waals surface area contributed by atoms with Gasteiger partial charge in [0.2, 0.25) is 0 Å². The topological polar surface area (TPSA) is 18.5 Å². The lowest BCUT2D eigenvalue weighted by atomic mass is 10.2. The fraction of sp³-hybridized carbons (Fsp3) is 0.294. The van der Waals surface area contributed by atoms with Gasteiger partial charge >= 0.3 is 0 Å². The van der Waals surface area contributed by atoms with Crippen molar-refractivity contribution in [3.63, 3.8) is 0 Å². The largest absolute Gasteiger partial charge is 0.490 e. The van der Waals surface area contributed by atoms with Crippen molar-refractivity contribution in [3.05, 3.63) is 59.1 Å². The summed E-state index contributed by atoms with van der Waals surface area (Å²) in [5, 5.41) is 0.677. The van der Waals surface area contributed by atoms with Crippen LogP contribution in [0.1, 0.15) is 10.1 Å². The molecule has 5 heteroatoms. The third kappa shape index (κ3) is 4.51. The van der Waals surface area contributed by atoms with Gasteiger partial charge in [0.25, 0.3) is 0 Å². The lowest BCUT2D eigenvalue weighted by molar-refractivity contribution is 0.217. The van der Waals surface area contributed by atoms with E-state index in [1.54, 1.807) is 6.07 Å². The summed E-state index contributed by atoms with van der Waals surface area (Å²) in [6, 6.07) is 15.8. The maximum atomic E-state index is 5.91. The first-order valence-corrected chi connectivity index (χ1v) is 9.63. The Morgan fingerprint density at radius 3 is 2.27 bits per heavy atom. The molecule has 0 aliphatic carbocycles. The first-order chi connectivity index (χ1) is 10.8. The number of hydrogen-bond donors (Lipinski definition) is 0.